The molecule has 2 rings (SSSR count). The van der Waals surface area contributed by atoms with Gasteiger partial charge in [0.05, 0.1) is 0 Å². The number of primary amides is 1. The molecule has 15 heavy (non-hydrogen) atoms. The minimum absolute atomic E-state index is 0.250. The van der Waals surface area contributed by atoms with E-state index in [1.54, 1.807) is 12.1 Å². The van der Waals surface area contributed by atoms with Gasteiger partial charge in [0.15, 0.2) is 6.29 Å². The number of aldehydes is 1. The second kappa shape index (κ2) is 3.68. The normalized spacial score (nSPS) is 19.5. The molecule has 1 aromatic heterocycles. The second-order valence-electron chi connectivity index (χ2n) is 3.47. The van der Waals surface area contributed by atoms with Gasteiger partial charge in [0.2, 0.25) is 5.91 Å². The van der Waals surface area contributed by atoms with Gasteiger partial charge in [-0.15, -0.1) is 0 Å². The highest BCUT2D eigenvalue weighted by Gasteiger charge is 2.33. The summed E-state index contributed by atoms with van der Waals surface area (Å²) < 4.78 is 0. The van der Waals surface area contributed by atoms with Crippen molar-refractivity contribution in [3.8, 4) is 0 Å². The Morgan fingerprint density at radius 1 is 1.60 bits per heavy atom. The molecule has 78 valence electrons. The molecule has 1 fully saturated rings. The number of carbonyl (C=O) groups is 2. The van der Waals surface area contributed by atoms with Gasteiger partial charge in [-0.05, 0) is 18.6 Å². The molecule has 5 nitrogen and oxygen atoms in total. The Morgan fingerprint density at radius 3 is 2.80 bits per heavy atom. The van der Waals surface area contributed by atoms with E-state index in [1.165, 1.54) is 6.20 Å². The molecule has 2 N–H and O–H groups in total. The molecule has 0 spiro atoms. The molecule has 1 aromatic rings. The summed E-state index contributed by atoms with van der Waals surface area (Å²) in [7, 11) is 0. The summed E-state index contributed by atoms with van der Waals surface area (Å²) in [4.78, 5) is 27.3. The Labute approximate surface area is 86.9 Å². The lowest BCUT2D eigenvalue weighted by Crippen LogP contribution is -2.55. The Balaban J connectivity index is 2.16. The highest BCUT2D eigenvalue weighted by atomic mass is 16.1. The van der Waals surface area contributed by atoms with E-state index in [1.807, 2.05) is 4.90 Å². The number of aromatic nitrogens is 1. The third kappa shape index (κ3) is 1.68. The van der Waals surface area contributed by atoms with E-state index >= 15 is 0 Å². The highest BCUT2D eigenvalue weighted by molar-refractivity contribution is 5.85. The number of pyridine rings is 1. The molecule has 5 heteroatoms. The predicted molar refractivity (Wildman–Crippen MR) is 54.6 cm³/mol. The maximum absolute atomic E-state index is 11.0. The minimum Gasteiger partial charge on any atom is -0.368 e. The number of hydrogen-bond donors (Lipinski definition) is 1. The first-order valence-electron chi connectivity index (χ1n) is 4.69. The average Bonchev–Trinajstić information content (AvgIpc) is 2.16. The number of anilines is 1. The maximum Gasteiger partial charge on any atom is 0.240 e. The molecular weight excluding hydrogens is 194 g/mol. The van der Waals surface area contributed by atoms with Crippen LogP contribution in [-0.4, -0.2) is 29.8 Å². The highest BCUT2D eigenvalue weighted by Crippen LogP contribution is 2.23. The van der Waals surface area contributed by atoms with Gasteiger partial charge in [-0.3, -0.25) is 9.59 Å². The van der Waals surface area contributed by atoms with E-state index in [-0.39, 0.29) is 11.9 Å². The number of rotatable bonds is 3. The van der Waals surface area contributed by atoms with Crippen LogP contribution in [0.1, 0.15) is 16.8 Å². The summed E-state index contributed by atoms with van der Waals surface area (Å²) in [6.45, 7) is 0.779. The van der Waals surface area contributed by atoms with E-state index < -0.39 is 0 Å². The Kier molecular flexibility index (Phi) is 2.37. The van der Waals surface area contributed by atoms with Crippen LogP contribution in [0.4, 0.5) is 5.82 Å². The minimum atomic E-state index is -0.331. The van der Waals surface area contributed by atoms with Crippen LogP contribution in [0.2, 0.25) is 0 Å². The lowest BCUT2D eigenvalue weighted by atomic mass is 10.0. The Bertz CT molecular complexity index is 388. The van der Waals surface area contributed by atoms with E-state index in [2.05, 4.69) is 4.98 Å². The van der Waals surface area contributed by atoms with Gasteiger partial charge in [0.25, 0.3) is 0 Å². The van der Waals surface area contributed by atoms with Crippen molar-refractivity contribution in [1.29, 1.82) is 0 Å². The lowest BCUT2D eigenvalue weighted by molar-refractivity contribution is -0.120. The summed E-state index contributed by atoms with van der Waals surface area (Å²) in [5, 5.41) is 0. The van der Waals surface area contributed by atoms with E-state index in [4.69, 9.17) is 5.73 Å². The smallest absolute Gasteiger partial charge is 0.240 e. The summed E-state index contributed by atoms with van der Waals surface area (Å²) >= 11 is 0. The van der Waals surface area contributed by atoms with Crippen LogP contribution in [0.3, 0.4) is 0 Å². The van der Waals surface area contributed by atoms with Crippen LogP contribution in [0.15, 0.2) is 18.3 Å². The van der Waals surface area contributed by atoms with Crippen LogP contribution in [-0.2, 0) is 4.79 Å². The Hall–Kier alpha value is -1.91. The van der Waals surface area contributed by atoms with Crippen LogP contribution in [0.5, 0.6) is 0 Å². The predicted octanol–water partition coefficient (Wildman–Crippen LogP) is -0.0419. The van der Waals surface area contributed by atoms with Crippen molar-refractivity contribution in [2.75, 3.05) is 11.4 Å². The van der Waals surface area contributed by atoms with Crippen molar-refractivity contribution in [3.05, 3.63) is 23.9 Å². The van der Waals surface area contributed by atoms with Gasteiger partial charge in [-0.1, -0.05) is 0 Å². The number of amides is 1. The van der Waals surface area contributed by atoms with E-state index in [9.17, 15) is 9.59 Å². The number of carbonyl (C=O) groups excluding carboxylic acids is 2. The molecule has 1 aliphatic rings. The first kappa shape index (κ1) is 9.64. The van der Waals surface area contributed by atoms with Crippen molar-refractivity contribution in [2.24, 2.45) is 5.73 Å². The van der Waals surface area contributed by atoms with Crippen molar-refractivity contribution in [1.82, 2.24) is 4.98 Å². The first-order chi connectivity index (χ1) is 7.22. The molecule has 1 atom stereocenters. The van der Waals surface area contributed by atoms with Crippen molar-refractivity contribution in [3.63, 3.8) is 0 Å². The van der Waals surface area contributed by atoms with Crippen LogP contribution >= 0.6 is 0 Å². The third-order valence-electron chi connectivity index (χ3n) is 2.55. The molecule has 0 aromatic carbocycles. The zero-order chi connectivity index (χ0) is 10.8. The monoisotopic (exact) mass is 205 g/mol. The lowest BCUT2D eigenvalue weighted by Gasteiger charge is -2.39. The molecule has 0 aliphatic carbocycles. The molecule has 1 unspecified atom stereocenters. The number of nitrogens with two attached hydrogens (primary N) is 1. The quantitative estimate of drug-likeness (QED) is 0.702. The molecule has 0 saturated carbocycles. The van der Waals surface area contributed by atoms with Crippen LogP contribution in [0.25, 0.3) is 0 Å². The number of nitrogens with zero attached hydrogens (tertiary/aromatic N) is 2. The maximum atomic E-state index is 11.0. The Morgan fingerprint density at radius 2 is 2.40 bits per heavy atom. The molecular formula is C10H11N3O2. The van der Waals surface area contributed by atoms with Gasteiger partial charge in [-0.2, -0.15) is 0 Å². The van der Waals surface area contributed by atoms with Crippen molar-refractivity contribution < 1.29 is 9.59 Å². The van der Waals surface area contributed by atoms with Crippen molar-refractivity contribution in [2.45, 2.75) is 12.5 Å². The van der Waals surface area contributed by atoms with Crippen molar-refractivity contribution >= 4 is 18.0 Å². The molecule has 0 bridgehead atoms. The summed E-state index contributed by atoms with van der Waals surface area (Å²) in [6, 6.07) is 3.14. The van der Waals surface area contributed by atoms with Gasteiger partial charge in [0.1, 0.15) is 11.9 Å². The number of hydrogen-bond acceptors (Lipinski definition) is 4. The molecule has 2 heterocycles. The summed E-state index contributed by atoms with van der Waals surface area (Å²) in [5.41, 5.74) is 5.74. The molecule has 1 saturated heterocycles. The zero-order valence-corrected chi connectivity index (χ0v) is 8.09. The topological polar surface area (TPSA) is 76.3 Å². The molecule has 0 radical (unpaired) electrons. The SMILES string of the molecule is NC(=O)C1CCN1c1ccc(C=O)cn1. The largest absolute Gasteiger partial charge is 0.368 e. The molecule has 1 amide bonds. The zero-order valence-electron chi connectivity index (χ0n) is 8.09. The van der Waals surface area contributed by atoms with E-state index in [0.717, 1.165) is 19.3 Å². The fourth-order valence-electron chi connectivity index (χ4n) is 1.59. The second-order valence-corrected chi connectivity index (χ2v) is 3.47. The fraction of sp³-hybridized carbons (Fsp3) is 0.300. The first-order valence-corrected chi connectivity index (χ1v) is 4.69. The standard InChI is InChI=1S/C10H11N3O2/c11-10(15)8-3-4-13(8)9-2-1-7(6-14)5-12-9/h1-2,5-6,8H,3-4H2,(H2,11,15). The van der Waals surface area contributed by atoms with Gasteiger partial charge in [-0.25, -0.2) is 4.98 Å². The van der Waals surface area contributed by atoms with Crippen LogP contribution in [0, 0.1) is 0 Å². The third-order valence-corrected chi connectivity index (χ3v) is 2.55. The van der Waals surface area contributed by atoms with E-state index in [0.29, 0.717) is 11.4 Å². The van der Waals surface area contributed by atoms with Gasteiger partial charge < -0.3 is 10.6 Å². The van der Waals surface area contributed by atoms with Gasteiger partial charge in [0, 0.05) is 18.3 Å². The van der Waals surface area contributed by atoms with Crippen LogP contribution < -0.4 is 10.6 Å². The summed E-state index contributed by atoms with van der Waals surface area (Å²) in [6.07, 6.45) is 2.99. The molecule has 1 aliphatic heterocycles. The van der Waals surface area contributed by atoms with Gasteiger partial charge >= 0.3 is 0 Å². The average molecular weight is 205 g/mol. The fourth-order valence-corrected chi connectivity index (χ4v) is 1.59. The summed E-state index contributed by atoms with van der Waals surface area (Å²) in [5.74, 6) is 0.359.